The third-order valence-electron chi connectivity index (χ3n) is 5.48. The number of methoxy groups -OCH3 is 1. The van der Waals surface area contributed by atoms with Gasteiger partial charge in [0.1, 0.15) is 26.3 Å². The lowest BCUT2D eigenvalue weighted by atomic mass is 10.1. The molecule has 0 aliphatic heterocycles. The lowest BCUT2D eigenvalue weighted by Gasteiger charge is -2.12. The standard InChI is InChI=1S/C26H23FN2O4S2/c1-15-4-13-21(16(2)14-15)29-26-25(35(31,32)20-11-9-19(33-3)10-12-20)22(28)24(34-26)23(30)17-5-7-18(27)8-6-17/h4-14,29H,28H2,1-3H3. The highest BCUT2D eigenvalue weighted by molar-refractivity contribution is 7.92. The van der Waals surface area contributed by atoms with Crippen molar-refractivity contribution >= 4 is 43.3 Å². The fourth-order valence-corrected chi connectivity index (χ4v) is 6.55. The number of carbonyl (C=O) groups excluding carboxylic acids is 1. The van der Waals surface area contributed by atoms with Gasteiger partial charge >= 0.3 is 0 Å². The summed E-state index contributed by atoms with van der Waals surface area (Å²) in [5.41, 5.74) is 9.02. The monoisotopic (exact) mass is 510 g/mol. The molecule has 0 aliphatic rings. The first-order valence-electron chi connectivity index (χ1n) is 10.6. The number of sulfone groups is 1. The molecule has 4 aromatic rings. The van der Waals surface area contributed by atoms with Crippen LogP contribution in [0.2, 0.25) is 0 Å². The molecule has 6 nitrogen and oxygen atoms in total. The van der Waals surface area contributed by atoms with Crippen LogP contribution in [0.25, 0.3) is 0 Å². The average Bonchev–Trinajstić information content (AvgIpc) is 3.17. The lowest BCUT2D eigenvalue weighted by Crippen LogP contribution is -2.08. The molecule has 1 aromatic heterocycles. The SMILES string of the molecule is COc1ccc(S(=O)(=O)c2c(Nc3ccc(C)cc3C)sc(C(=O)c3ccc(F)cc3)c2N)cc1. The number of rotatable bonds is 7. The van der Waals surface area contributed by atoms with Crippen LogP contribution in [0.15, 0.2) is 76.5 Å². The van der Waals surface area contributed by atoms with Gasteiger partial charge in [-0.25, -0.2) is 12.8 Å². The quantitative estimate of drug-likeness (QED) is 0.300. The minimum atomic E-state index is -4.11. The summed E-state index contributed by atoms with van der Waals surface area (Å²) in [6.07, 6.45) is 0. The van der Waals surface area contributed by atoms with Crippen molar-refractivity contribution in [2.75, 3.05) is 18.2 Å². The second-order valence-electron chi connectivity index (χ2n) is 7.96. The average molecular weight is 511 g/mol. The number of carbonyl (C=O) groups is 1. The maximum atomic E-state index is 13.7. The minimum Gasteiger partial charge on any atom is -0.497 e. The maximum Gasteiger partial charge on any atom is 0.211 e. The van der Waals surface area contributed by atoms with Gasteiger partial charge in [-0.2, -0.15) is 0 Å². The van der Waals surface area contributed by atoms with Crippen LogP contribution < -0.4 is 15.8 Å². The Morgan fingerprint density at radius 3 is 2.26 bits per heavy atom. The Bertz CT molecular complexity index is 1510. The summed E-state index contributed by atoms with van der Waals surface area (Å²) in [5.74, 6) is -0.476. The molecule has 3 aromatic carbocycles. The van der Waals surface area contributed by atoms with Crippen LogP contribution in [-0.4, -0.2) is 21.3 Å². The highest BCUT2D eigenvalue weighted by Gasteiger charge is 2.32. The number of hydrogen-bond donors (Lipinski definition) is 2. The van der Waals surface area contributed by atoms with E-state index in [4.69, 9.17) is 10.5 Å². The molecule has 0 atom stereocenters. The zero-order valence-corrected chi connectivity index (χ0v) is 20.9. The lowest BCUT2D eigenvalue weighted by molar-refractivity contribution is 0.104. The smallest absolute Gasteiger partial charge is 0.211 e. The Hall–Kier alpha value is -3.69. The third-order valence-corrected chi connectivity index (χ3v) is 8.58. The van der Waals surface area contributed by atoms with Crippen molar-refractivity contribution in [1.82, 2.24) is 0 Å². The number of ether oxygens (including phenoxy) is 1. The van der Waals surface area contributed by atoms with Crippen molar-refractivity contribution in [3.8, 4) is 5.75 Å². The molecule has 180 valence electrons. The molecule has 0 bridgehead atoms. The second kappa shape index (κ2) is 9.52. The van der Waals surface area contributed by atoms with Crippen LogP contribution in [0.1, 0.15) is 26.4 Å². The molecule has 3 N–H and O–H groups in total. The molecule has 0 saturated heterocycles. The van der Waals surface area contributed by atoms with Gasteiger partial charge in [-0.15, -0.1) is 11.3 Å². The number of thiophene rings is 1. The van der Waals surface area contributed by atoms with E-state index in [9.17, 15) is 17.6 Å². The Morgan fingerprint density at radius 2 is 1.66 bits per heavy atom. The van der Waals surface area contributed by atoms with Crippen molar-refractivity contribution in [2.45, 2.75) is 23.6 Å². The summed E-state index contributed by atoms with van der Waals surface area (Å²) in [6.45, 7) is 3.85. The third kappa shape index (κ3) is 4.78. The van der Waals surface area contributed by atoms with Gasteiger partial charge in [0.05, 0.1) is 17.7 Å². The number of anilines is 3. The predicted octanol–water partition coefficient (Wildman–Crippen LogP) is 5.90. The Morgan fingerprint density at radius 1 is 1.00 bits per heavy atom. The van der Waals surface area contributed by atoms with E-state index in [-0.39, 0.29) is 30.9 Å². The van der Waals surface area contributed by atoms with Crippen molar-refractivity contribution in [1.29, 1.82) is 0 Å². The summed E-state index contributed by atoms with van der Waals surface area (Å²) in [4.78, 5) is 13.1. The van der Waals surface area contributed by atoms with Crippen LogP contribution in [0.4, 0.5) is 20.8 Å². The van der Waals surface area contributed by atoms with E-state index in [2.05, 4.69) is 5.32 Å². The van der Waals surface area contributed by atoms with Crippen LogP contribution in [0, 0.1) is 19.7 Å². The molecule has 0 spiro atoms. The van der Waals surface area contributed by atoms with E-state index in [1.54, 1.807) is 0 Å². The van der Waals surface area contributed by atoms with E-state index in [0.29, 0.717) is 11.4 Å². The number of nitrogens with two attached hydrogens (primary N) is 1. The normalized spacial score (nSPS) is 11.3. The number of ketones is 1. The highest BCUT2D eigenvalue weighted by Crippen LogP contribution is 2.44. The van der Waals surface area contributed by atoms with Gasteiger partial charge in [0.25, 0.3) is 0 Å². The van der Waals surface area contributed by atoms with Gasteiger partial charge < -0.3 is 15.8 Å². The molecule has 9 heteroatoms. The fraction of sp³-hybridized carbons (Fsp3) is 0.115. The molecule has 0 fully saturated rings. The van der Waals surface area contributed by atoms with E-state index in [1.165, 1.54) is 55.6 Å². The highest BCUT2D eigenvalue weighted by atomic mass is 32.2. The number of aryl methyl sites for hydroxylation is 2. The molecule has 0 unspecified atom stereocenters. The molecular weight excluding hydrogens is 487 g/mol. The summed E-state index contributed by atoms with van der Waals surface area (Å²) < 4.78 is 45.9. The van der Waals surface area contributed by atoms with Gasteiger partial charge in [0.15, 0.2) is 0 Å². The van der Waals surface area contributed by atoms with Crippen molar-refractivity contribution < 1.29 is 22.3 Å². The molecule has 35 heavy (non-hydrogen) atoms. The zero-order chi connectivity index (χ0) is 25.3. The van der Waals surface area contributed by atoms with Gasteiger partial charge in [-0.1, -0.05) is 17.7 Å². The molecule has 1 heterocycles. The van der Waals surface area contributed by atoms with Gasteiger partial charge in [-0.05, 0) is 74.0 Å². The summed E-state index contributed by atoms with van der Waals surface area (Å²) >= 11 is 0.947. The number of benzene rings is 3. The van der Waals surface area contributed by atoms with Crippen molar-refractivity contribution in [3.05, 3.63) is 94.1 Å². The summed E-state index contributed by atoms with van der Waals surface area (Å²) in [7, 11) is -2.63. The second-order valence-corrected chi connectivity index (χ2v) is 10.9. The molecule has 0 amide bonds. The van der Waals surface area contributed by atoms with E-state index >= 15 is 0 Å². The Kier molecular flexibility index (Phi) is 6.64. The first-order valence-corrected chi connectivity index (χ1v) is 12.9. The molecule has 0 saturated carbocycles. The van der Waals surface area contributed by atoms with Crippen LogP contribution in [0.3, 0.4) is 0 Å². The van der Waals surface area contributed by atoms with Gasteiger partial charge in [0.2, 0.25) is 15.6 Å². The van der Waals surface area contributed by atoms with Gasteiger partial charge in [-0.3, -0.25) is 4.79 Å². The van der Waals surface area contributed by atoms with E-state index in [0.717, 1.165) is 22.5 Å². The Balaban J connectivity index is 1.88. The number of halogens is 1. The largest absolute Gasteiger partial charge is 0.497 e. The maximum absolute atomic E-state index is 13.7. The molecule has 4 rings (SSSR count). The molecule has 0 radical (unpaired) electrons. The van der Waals surface area contributed by atoms with Crippen LogP contribution >= 0.6 is 11.3 Å². The summed E-state index contributed by atoms with van der Waals surface area (Å²) in [5, 5.41) is 3.38. The fourth-order valence-electron chi connectivity index (χ4n) is 3.63. The van der Waals surface area contributed by atoms with Crippen LogP contribution in [0.5, 0.6) is 5.75 Å². The van der Waals surface area contributed by atoms with Gasteiger partial charge in [0, 0.05) is 11.3 Å². The predicted molar refractivity (Wildman–Crippen MR) is 136 cm³/mol. The number of nitrogens with one attached hydrogen (secondary N) is 1. The zero-order valence-electron chi connectivity index (χ0n) is 19.3. The van der Waals surface area contributed by atoms with E-state index < -0.39 is 21.4 Å². The summed E-state index contributed by atoms with van der Waals surface area (Å²) in [6, 6.07) is 16.6. The number of hydrogen-bond acceptors (Lipinski definition) is 7. The van der Waals surface area contributed by atoms with Crippen LogP contribution in [-0.2, 0) is 9.84 Å². The Labute approximate surface area is 207 Å². The molecule has 0 aliphatic carbocycles. The van der Waals surface area contributed by atoms with Crippen molar-refractivity contribution in [2.24, 2.45) is 0 Å². The first-order chi connectivity index (χ1) is 16.6. The minimum absolute atomic E-state index is 0.00672. The first kappa shape index (κ1) is 24.4. The van der Waals surface area contributed by atoms with E-state index in [1.807, 2.05) is 32.0 Å². The number of nitrogen functional groups attached to an aromatic ring is 1. The van der Waals surface area contributed by atoms with Crippen molar-refractivity contribution in [3.63, 3.8) is 0 Å². The molecular formula is C26H23FN2O4S2. The topological polar surface area (TPSA) is 98.5 Å².